The molecule has 2 rings (SSSR count). The van der Waals surface area contributed by atoms with Gasteiger partial charge in [-0.25, -0.2) is 4.39 Å². The van der Waals surface area contributed by atoms with Crippen LogP contribution in [0.5, 0.6) is 0 Å². The highest BCUT2D eigenvalue weighted by Gasteiger charge is 2.14. The van der Waals surface area contributed by atoms with E-state index < -0.39 is 11.7 Å². The monoisotopic (exact) mass is 218 g/mol. The maximum absolute atomic E-state index is 13.0. The van der Waals surface area contributed by atoms with Gasteiger partial charge in [-0.2, -0.15) is 0 Å². The minimum absolute atomic E-state index is 0.215. The van der Waals surface area contributed by atoms with Crippen LogP contribution in [0.2, 0.25) is 0 Å². The first-order valence-electron chi connectivity index (χ1n) is 4.50. The van der Waals surface area contributed by atoms with Gasteiger partial charge in [-0.3, -0.25) is 4.79 Å². The van der Waals surface area contributed by atoms with Crippen LogP contribution in [0.4, 0.5) is 4.39 Å². The van der Waals surface area contributed by atoms with Crippen molar-refractivity contribution in [3.8, 4) is 0 Å². The Morgan fingerprint density at radius 3 is 3.00 bits per heavy atom. The summed E-state index contributed by atoms with van der Waals surface area (Å²) in [6.45, 7) is 1.66. The van der Waals surface area contributed by atoms with E-state index in [1.165, 1.54) is 18.2 Å². The first-order chi connectivity index (χ1) is 7.63. The lowest BCUT2D eigenvalue weighted by Gasteiger charge is -1.94. The molecule has 0 saturated heterocycles. The Hall–Kier alpha value is -2.33. The molecule has 0 spiro atoms. The lowest BCUT2D eigenvalue weighted by molar-refractivity contribution is 0.100. The molecule has 1 N–H and O–H groups in total. The molecule has 0 bridgehead atoms. The SMILES string of the molecule is Cc1[nH]c2ccc(F)cc2c1C(=O)N=[N+]=[N-]. The summed E-state index contributed by atoms with van der Waals surface area (Å²) >= 11 is 0. The Morgan fingerprint density at radius 1 is 1.56 bits per heavy atom. The van der Waals surface area contributed by atoms with E-state index >= 15 is 0 Å². The van der Waals surface area contributed by atoms with Gasteiger partial charge in [-0.1, -0.05) is 0 Å². The highest BCUT2D eigenvalue weighted by Crippen LogP contribution is 2.23. The first-order valence-corrected chi connectivity index (χ1v) is 4.50. The topological polar surface area (TPSA) is 81.6 Å². The number of rotatable bonds is 1. The molecule has 1 heterocycles. The predicted octanol–water partition coefficient (Wildman–Crippen LogP) is 3.07. The first kappa shape index (κ1) is 10.2. The summed E-state index contributed by atoms with van der Waals surface area (Å²) in [6.07, 6.45) is 0. The fraction of sp³-hybridized carbons (Fsp3) is 0.100. The predicted molar refractivity (Wildman–Crippen MR) is 56.5 cm³/mol. The molecule has 0 radical (unpaired) electrons. The number of halogens is 1. The summed E-state index contributed by atoms with van der Waals surface area (Å²) in [5, 5.41) is 3.43. The summed E-state index contributed by atoms with van der Waals surface area (Å²) in [5.74, 6) is -1.15. The van der Waals surface area contributed by atoms with E-state index in [-0.39, 0.29) is 5.56 Å². The number of amides is 1. The van der Waals surface area contributed by atoms with Crippen molar-refractivity contribution < 1.29 is 9.18 Å². The Bertz CT molecular complexity index is 625. The van der Waals surface area contributed by atoms with Crippen LogP contribution in [-0.4, -0.2) is 10.9 Å². The third-order valence-electron chi connectivity index (χ3n) is 2.30. The second kappa shape index (κ2) is 3.67. The molecule has 5 nitrogen and oxygen atoms in total. The van der Waals surface area contributed by atoms with E-state index in [2.05, 4.69) is 15.0 Å². The fourth-order valence-electron chi connectivity index (χ4n) is 1.67. The molecule has 80 valence electrons. The van der Waals surface area contributed by atoms with Gasteiger partial charge in [0.05, 0.1) is 5.56 Å². The average Bonchev–Trinajstić information content (AvgIpc) is 2.53. The molecule has 1 aromatic heterocycles. The van der Waals surface area contributed by atoms with Gasteiger partial charge in [0.1, 0.15) is 5.82 Å². The minimum atomic E-state index is -0.711. The Labute approximate surface area is 89.5 Å². The molecular weight excluding hydrogens is 211 g/mol. The number of benzene rings is 1. The van der Waals surface area contributed by atoms with Crippen molar-refractivity contribution in [3.05, 3.63) is 45.7 Å². The van der Waals surface area contributed by atoms with Gasteiger partial charge in [0.2, 0.25) is 0 Å². The van der Waals surface area contributed by atoms with Gasteiger partial charge in [-0.05, 0) is 35.8 Å². The molecule has 2 aromatic rings. The summed E-state index contributed by atoms with van der Waals surface area (Å²) < 4.78 is 13.0. The number of azide groups is 1. The number of aromatic nitrogens is 1. The lowest BCUT2D eigenvalue weighted by atomic mass is 10.1. The molecule has 1 aromatic carbocycles. The number of aromatic amines is 1. The molecular formula is C10H7FN4O. The molecule has 0 aliphatic rings. The van der Waals surface area contributed by atoms with Crippen molar-refractivity contribution in [1.29, 1.82) is 0 Å². The van der Waals surface area contributed by atoms with Gasteiger partial charge >= 0.3 is 0 Å². The summed E-state index contributed by atoms with van der Waals surface area (Å²) in [7, 11) is 0. The molecule has 0 fully saturated rings. The Morgan fingerprint density at radius 2 is 2.31 bits per heavy atom. The zero-order valence-corrected chi connectivity index (χ0v) is 8.36. The van der Waals surface area contributed by atoms with Crippen LogP contribution in [0.1, 0.15) is 16.1 Å². The van der Waals surface area contributed by atoms with Crippen LogP contribution < -0.4 is 0 Å². The van der Waals surface area contributed by atoms with E-state index in [4.69, 9.17) is 5.53 Å². The zero-order valence-electron chi connectivity index (χ0n) is 8.36. The number of H-pyrrole nitrogens is 1. The third-order valence-corrected chi connectivity index (χ3v) is 2.30. The number of aryl methyl sites for hydroxylation is 1. The third kappa shape index (κ3) is 1.51. The molecule has 16 heavy (non-hydrogen) atoms. The maximum Gasteiger partial charge on any atom is 0.251 e. The highest BCUT2D eigenvalue weighted by molar-refractivity contribution is 6.08. The van der Waals surface area contributed by atoms with E-state index in [0.29, 0.717) is 16.6 Å². The Balaban J connectivity index is 2.76. The normalized spacial score (nSPS) is 10.1. The number of nitrogens with one attached hydrogen (secondary N) is 1. The molecule has 1 amide bonds. The van der Waals surface area contributed by atoms with Gasteiger partial charge < -0.3 is 4.98 Å². The molecule has 0 aliphatic heterocycles. The van der Waals surface area contributed by atoms with Crippen LogP contribution in [0.15, 0.2) is 23.3 Å². The Kier molecular flexibility index (Phi) is 2.34. The van der Waals surface area contributed by atoms with E-state index in [1.54, 1.807) is 6.92 Å². The van der Waals surface area contributed by atoms with Crippen molar-refractivity contribution in [1.82, 2.24) is 4.98 Å². The maximum atomic E-state index is 13.0. The fourth-order valence-corrected chi connectivity index (χ4v) is 1.67. The molecule has 6 heteroatoms. The van der Waals surface area contributed by atoms with Crippen LogP contribution in [-0.2, 0) is 0 Å². The van der Waals surface area contributed by atoms with Gasteiger partial charge in [0, 0.05) is 21.5 Å². The molecule has 0 aliphatic carbocycles. The van der Waals surface area contributed by atoms with Crippen LogP contribution in [0.3, 0.4) is 0 Å². The highest BCUT2D eigenvalue weighted by atomic mass is 19.1. The number of hydrogen-bond donors (Lipinski definition) is 1. The quantitative estimate of drug-likeness (QED) is 0.445. The number of fused-ring (bicyclic) bond motifs is 1. The molecule has 0 saturated carbocycles. The van der Waals surface area contributed by atoms with Crippen molar-refractivity contribution in [2.45, 2.75) is 6.92 Å². The van der Waals surface area contributed by atoms with Crippen LogP contribution >= 0.6 is 0 Å². The molecule has 0 unspecified atom stereocenters. The lowest BCUT2D eigenvalue weighted by Crippen LogP contribution is -1.94. The number of hydrogen-bond acceptors (Lipinski definition) is 1. The van der Waals surface area contributed by atoms with Crippen LogP contribution in [0.25, 0.3) is 21.3 Å². The van der Waals surface area contributed by atoms with Gasteiger partial charge in [0.15, 0.2) is 0 Å². The summed E-state index contributed by atoms with van der Waals surface area (Å²) in [5.41, 5.74) is 9.61. The van der Waals surface area contributed by atoms with Crippen molar-refractivity contribution in [3.63, 3.8) is 0 Å². The molecule has 0 atom stereocenters. The van der Waals surface area contributed by atoms with Crippen molar-refractivity contribution in [2.75, 3.05) is 0 Å². The second-order valence-electron chi connectivity index (χ2n) is 3.31. The number of carbonyl (C=O) groups excluding carboxylic acids is 1. The van der Waals surface area contributed by atoms with Crippen molar-refractivity contribution >= 4 is 16.8 Å². The zero-order chi connectivity index (χ0) is 11.7. The standard InChI is InChI=1S/C10H7FN4O/c1-5-9(10(16)14-15-12)7-4-6(11)2-3-8(7)13-5/h2-4,13H,1H3. The van der Waals surface area contributed by atoms with E-state index in [9.17, 15) is 9.18 Å². The van der Waals surface area contributed by atoms with Crippen LogP contribution in [0, 0.1) is 12.7 Å². The smallest absolute Gasteiger partial charge is 0.251 e. The second-order valence-corrected chi connectivity index (χ2v) is 3.31. The largest absolute Gasteiger partial charge is 0.358 e. The van der Waals surface area contributed by atoms with Gasteiger partial charge in [0.25, 0.3) is 5.91 Å². The minimum Gasteiger partial charge on any atom is -0.358 e. The number of carbonyl (C=O) groups is 1. The summed E-state index contributed by atoms with van der Waals surface area (Å²) in [6, 6.07) is 4.06. The average molecular weight is 218 g/mol. The van der Waals surface area contributed by atoms with E-state index in [0.717, 1.165) is 0 Å². The van der Waals surface area contributed by atoms with E-state index in [1.807, 2.05) is 0 Å². The number of nitrogens with zero attached hydrogens (tertiary/aromatic N) is 3. The summed E-state index contributed by atoms with van der Waals surface area (Å²) in [4.78, 5) is 16.8. The van der Waals surface area contributed by atoms with Crippen molar-refractivity contribution in [2.24, 2.45) is 5.11 Å². The van der Waals surface area contributed by atoms with Gasteiger partial charge in [-0.15, -0.1) is 0 Å².